The molecule has 8 heteroatoms. The fourth-order valence-electron chi connectivity index (χ4n) is 4.06. The normalized spacial score (nSPS) is 17.0. The van der Waals surface area contributed by atoms with E-state index in [2.05, 4.69) is 17.0 Å². The molecule has 2 amide bonds. The Labute approximate surface area is 207 Å². The third-order valence-corrected chi connectivity index (χ3v) is 5.94. The highest BCUT2D eigenvalue weighted by molar-refractivity contribution is 5.69. The molecule has 2 aromatic rings. The summed E-state index contributed by atoms with van der Waals surface area (Å²) in [4.78, 5) is 30.2. The standard InChI is InChI=1S/C27H35N3O5/c1-27(2,3)35-26(32)30-18-24(19-30)34-23-11-7-10-22(16-23)17-28-12-14-29(15-13-28)25(31)33-20-21-8-5-4-6-9-21/h4-11,16,24H,12-15,17-20H2,1-3H3. The maximum Gasteiger partial charge on any atom is 0.410 e. The third-order valence-electron chi connectivity index (χ3n) is 5.94. The summed E-state index contributed by atoms with van der Waals surface area (Å²) in [7, 11) is 0. The molecule has 0 N–H and O–H groups in total. The van der Waals surface area contributed by atoms with Crippen molar-refractivity contribution >= 4 is 12.2 Å². The van der Waals surface area contributed by atoms with Crippen LogP contribution in [0.4, 0.5) is 9.59 Å². The second kappa shape index (κ2) is 11.0. The van der Waals surface area contributed by atoms with E-state index in [1.807, 2.05) is 63.2 Å². The lowest BCUT2D eigenvalue weighted by Crippen LogP contribution is -2.57. The van der Waals surface area contributed by atoms with Gasteiger partial charge < -0.3 is 24.0 Å². The number of carbonyl (C=O) groups excluding carboxylic acids is 2. The molecule has 2 aliphatic heterocycles. The van der Waals surface area contributed by atoms with Crippen molar-refractivity contribution in [1.29, 1.82) is 0 Å². The summed E-state index contributed by atoms with van der Waals surface area (Å²) in [5.41, 5.74) is 1.65. The van der Waals surface area contributed by atoms with Crippen LogP contribution in [0, 0.1) is 0 Å². The summed E-state index contributed by atoms with van der Waals surface area (Å²) < 4.78 is 16.9. The Balaban J connectivity index is 1.18. The van der Waals surface area contributed by atoms with Gasteiger partial charge in [0, 0.05) is 32.7 Å². The predicted molar refractivity (Wildman–Crippen MR) is 132 cm³/mol. The maximum absolute atomic E-state index is 12.4. The minimum absolute atomic E-state index is 0.0248. The number of rotatable bonds is 6. The molecule has 8 nitrogen and oxygen atoms in total. The van der Waals surface area contributed by atoms with E-state index in [1.54, 1.807) is 9.80 Å². The molecular formula is C27H35N3O5. The highest BCUT2D eigenvalue weighted by Crippen LogP contribution is 2.22. The average Bonchev–Trinajstić information content (AvgIpc) is 2.80. The van der Waals surface area contributed by atoms with Crippen LogP contribution in [0.5, 0.6) is 5.75 Å². The first kappa shape index (κ1) is 24.9. The second-order valence-electron chi connectivity index (χ2n) is 10.1. The summed E-state index contributed by atoms with van der Waals surface area (Å²) in [6.07, 6.45) is -0.581. The van der Waals surface area contributed by atoms with Crippen LogP contribution in [0.3, 0.4) is 0 Å². The van der Waals surface area contributed by atoms with E-state index in [0.717, 1.165) is 36.5 Å². The van der Waals surface area contributed by atoms with E-state index in [-0.39, 0.29) is 18.3 Å². The molecule has 0 aromatic heterocycles. The Bertz CT molecular complexity index is 993. The van der Waals surface area contributed by atoms with Gasteiger partial charge in [-0.05, 0) is 44.0 Å². The topological polar surface area (TPSA) is 71.5 Å². The molecule has 0 bridgehead atoms. The molecular weight excluding hydrogens is 446 g/mol. The van der Waals surface area contributed by atoms with E-state index < -0.39 is 5.60 Å². The van der Waals surface area contributed by atoms with Gasteiger partial charge in [0.15, 0.2) is 0 Å². The van der Waals surface area contributed by atoms with Crippen LogP contribution in [0.15, 0.2) is 54.6 Å². The molecule has 35 heavy (non-hydrogen) atoms. The molecule has 2 saturated heterocycles. The van der Waals surface area contributed by atoms with Crippen molar-refractivity contribution in [2.24, 2.45) is 0 Å². The van der Waals surface area contributed by atoms with Crippen molar-refractivity contribution in [3.05, 3.63) is 65.7 Å². The SMILES string of the molecule is CC(C)(C)OC(=O)N1CC(Oc2cccc(CN3CCN(C(=O)OCc4ccccc4)CC3)c2)C1. The second-order valence-corrected chi connectivity index (χ2v) is 10.1. The van der Waals surface area contributed by atoms with Crippen LogP contribution in [0.1, 0.15) is 31.9 Å². The lowest BCUT2D eigenvalue weighted by atomic mass is 10.1. The Morgan fingerprint density at radius 3 is 2.23 bits per heavy atom. The summed E-state index contributed by atoms with van der Waals surface area (Å²) in [6.45, 7) is 10.6. The first-order valence-electron chi connectivity index (χ1n) is 12.2. The van der Waals surface area contributed by atoms with Crippen molar-refractivity contribution < 1.29 is 23.8 Å². The molecule has 0 saturated carbocycles. The number of amides is 2. The van der Waals surface area contributed by atoms with Gasteiger partial charge >= 0.3 is 12.2 Å². The zero-order valence-corrected chi connectivity index (χ0v) is 20.8. The van der Waals surface area contributed by atoms with Crippen LogP contribution in [-0.2, 0) is 22.6 Å². The Hall–Kier alpha value is -3.26. The van der Waals surface area contributed by atoms with Crippen LogP contribution < -0.4 is 4.74 Å². The molecule has 2 heterocycles. The van der Waals surface area contributed by atoms with Crippen LogP contribution in [0.2, 0.25) is 0 Å². The molecule has 188 valence electrons. The molecule has 2 aromatic carbocycles. The zero-order valence-electron chi connectivity index (χ0n) is 20.8. The van der Waals surface area contributed by atoms with Crippen molar-refractivity contribution in [2.45, 2.75) is 45.6 Å². The van der Waals surface area contributed by atoms with E-state index in [1.165, 1.54) is 0 Å². The predicted octanol–water partition coefficient (Wildman–Crippen LogP) is 4.14. The van der Waals surface area contributed by atoms with Crippen LogP contribution in [0.25, 0.3) is 0 Å². The number of hydrogen-bond donors (Lipinski definition) is 0. The molecule has 0 unspecified atom stereocenters. The Kier molecular flexibility index (Phi) is 7.80. The zero-order chi connectivity index (χ0) is 24.8. The number of benzene rings is 2. The quantitative estimate of drug-likeness (QED) is 0.618. The van der Waals surface area contributed by atoms with Crippen molar-refractivity contribution in [2.75, 3.05) is 39.3 Å². The van der Waals surface area contributed by atoms with Gasteiger partial charge in [-0.25, -0.2) is 9.59 Å². The largest absolute Gasteiger partial charge is 0.487 e. The molecule has 4 rings (SSSR count). The number of likely N-dealkylation sites (tertiary alicyclic amines) is 1. The van der Waals surface area contributed by atoms with Crippen LogP contribution >= 0.6 is 0 Å². The smallest absolute Gasteiger partial charge is 0.410 e. The first-order chi connectivity index (χ1) is 16.7. The van der Waals surface area contributed by atoms with Gasteiger partial charge in [0.2, 0.25) is 0 Å². The van der Waals surface area contributed by atoms with Gasteiger partial charge in [-0.1, -0.05) is 42.5 Å². The lowest BCUT2D eigenvalue weighted by Gasteiger charge is -2.39. The van der Waals surface area contributed by atoms with Crippen molar-refractivity contribution in [3.63, 3.8) is 0 Å². The Morgan fingerprint density at radius 2 is 1.54 bits per heavy atom. The molecule has 0 atom stereocenters. The highest BCUT2D eigenvalue weighted by Gasteiger charge is 2.35. The lowest BCUT2D eigenvalue weighted by molar-refractivity contribution is -0.0221. The molecule has 0 radical (unpaired) electrons. The molecule has 0 spiro atoms. The van der Waals surface area contributed by atoms with Gasteiger partial charge in [0.1, 0.15) is 24.1 Å². The van der Waals surface area contributed by atoms with Crippen molar-refractivity contribution in [3.8, 4) is 5.75 Å². The van der Waals surface area contributed by atoms with Gasteiger partial charge in [-0.3, -0.25) is 4.90 Å². The summed E-state index contributed by atoms with van der Waals surface area (Å²) in [6, 6.07) is 17.8. The number of hydrogen-bond acceptors (Lipinski definition) is 6. The van der Waals surface area contributed by atoms with Gasteiger partial charge in [-0.2, -0.15) is 0 Å². The fourth-order valence-corrected chi connectivity index (χ4v) is 4.06. The van der Waals surface area contributed by atoms with Gasteiger partial charge in [0.05, 0.1) is 13.1 Å². The van der Waals surface area contributed by atoms with Gasteiger partial charge in [0.25, 0.3) is 0 Å². The maximum atomic E-state index is 12.4. The number of piperazine rings is 1. The summed E-state index contributed by atoms with van der Waals surface area (Å²) in [5, 5.41) is 0. The number of ether oxygens (including phenoxy) is 3. The number of carbonyl (C=O) groups is 2. The van der Waals surface area contributed by atoms with E-state index in [0.29, 0.717) is 32.8 Å². The average molecular weight is 482 g/mol. The Morgan fingerprint density at radius 1 is 0.857 bits per heavy atom. The van der Waals surface area contributed by atoms with E-state index >= 15 is 0 Å². The summed E-state index contributed by atoms with van der Waals surface area (Å²) >= 11 is 0. The highest BCUT2D eigenvalue weighted by atomic mass is 16.6. The minimum Gasteiger partial charge on any atom is -0.487 e. The third kappa shape index (κ3) is 7.36. The van der Waals surface area contributed by atoms with Crippen molar-refractivity contribution in [1.82, 2.24) is 14.7 Å². The minimum atomic E-state index is -0.495. The van der Waals surface area contributed by atoms with Gasteiger partial charge in [-0.15, -0.1) is 0 Å². The molecule has 2 fully saturated rings. The van der Waals surface area contributed by atoms with Crippen LogP contribution in [-0.4, -0.2) is 77.9 Å². The first-order valence-corrected chi connectivity index (χ1v) is 12.2. The molecule has 0 aliphatic carbocycles. The molecule has 2 aliphatic rings. The fraction of sp³-hybridized carbons (Fsp3) is 0.481. The van der Waals surface area contributed by atoms with E-state index in [9.17, 15) is 9.59 Å². The monoisotopic (exact) mass is 481 g/mol. The number of nitrogens with zero attached hydrogens (tertiary/aromatic N) is 3. The summed E-state index contributed by atoms with van der Waals surface area (Å²) in [5.74, 6) is 0.805. The van der Waals surface area contributed by atoms with E-state index in [4.69, 9.17) is 14.2 Å².